The average molecular weight is 378 g/mol. The first kappa shape index (κ1) is 18.5. The summed E-state index contributed by atoms with van der Waals surface area (Å²) >= 11 is 1.32. The Hall–Kier alpha value is -2.33. The SMILES string of the molecule is CCOCc1nnc(N2CC(C(=O)NCc3cn(C)nc3C)CC2=O)s1. The summed E-state index contributed by atoms with van der Waals surface area (Å²) in [6.45, 7) is 5.50. The molecule has 1 unspecified atom stereocenters. The molecule has 2 aromatic heterocycles. The molecule has 1 aliphatic rings. The van der Waals surface area contributed by atoms with Crippen LogP contribution >= 0.6 is 11.3 Å². The number of hydrogen-bond acceptors (Lipinski definition) is 7. The minimum Gasteiger partial charge on any atom is -0.374 e. The number of aryl methyl sites for hydroxylation is 2. The Morgan fingerprint density at radius 1 is 1.46 bits per heavy atom. The monoisotopic (exact) mass is 378 g/mol. The Morgan fingerprint density at radius 2 is 2.27 bits per heavy atom. The van der Waals surface area contributed by atoms with Crippen molar-refractivity contribution in [1.29, 1.82) is 0 Å². The van der Waals surface area contributed by atoms with Gasteiger partial charge in [-0.1, -0.05) is 11.3 Å². The number of ether oxygens (including phenoxy) is 1. The van der Waals surface area contributed by atoms with Gasteiger partial charge in [-0.2, -0.15) is 5.10 Å². The third-order valence-corrected chi connectivity index (χ3v) is 5.10. The maximum absolute atomic E-state index is 12.4. The molecule has 1 atom stereocenters. The lowest BCUT2D eigenvalue weighted by Crippen LogP contribution is -2.32. The lowest BCUT2D eigenvalue weighted by Gasteiger charge is -2.12. The molecule has 0 spiro atoms. The lowest BCUT2D eigenvalue weighted by molar-refractivity contribution is -0.126. The topological polar surface area (TPSA) is 102 Å². The molecule has 1 fully saturated rings. The fourth-order valence-electron chi connectivity index (χ4n) is 2.82. The van der Waals surface area contributed by atoms with Crippen LogP contribution in [0.1, 0.15) is 29.6 Å². The molecule has 9 nitrogen and oxygen atoms in total. The number of anilines is 1. The van der Waals surface area contributed by atoms with Crippen LogP contribution < -0.4 is 10.2 Å². The van der Waals surface area contributed by atoms with Crippen LogP contribution in [0.2, 0.25) is 0 Å². The van der Waals surface area contributed by atoms with E-state index in [2.05, 4.69) is 20.6 Å². The van der Waals surface area contributed by atoms with E-state index in [1.54, 1.807) is 4.68 Å². The molecule has 0 saturated carbocycles. The van der Waals surface area contributed by atoms with Gasteiger partial charge in [0, 0.05) is 44.9 Å². The Labute approximate surface area is 155 Å². The second-order valence-corrected chi connectivity index (χ2v) is 7.19. The number of amides is 2. The number of nitrogens with zero attached hydrogens (tertiary/aromatic N) is 5. The normalized spacial score (nSPS) is 17.1. The van der Waals surface area contributed by atoms with Crippen molar-refractivity contribution in [3.05, 3.63) is 22.5 Å². The Balaban J connectivity index is 1.57. The van der Waals surface area contributed by atoms with Gasteiger partial charge in [-0.15, -0.1) is 10.2 Å². The molecule has 26 heavy (non-hydrogen) atoms. The zero-order valence-electron chi connectivity index (χ0n) is 15.1. The van der Waals surface area contributed by atoms with Crippen LogP contribution in [-0.4, -0.2) is 44.9 Å². The molecule has 0 aliphatic carbocycles. The maximum Gasteiger partial charge on any atom is 0.229 e. The number of carbonyl (C=O) groups is 2. The zero-order chi connectivity index (χ0) is 18.7. The third-order valence-electron chi connectivity index (χ3n) is 4.18. The summed E-state index contributed by atoms with van der Waals surface area (Å²) in [6, 6.07) is 0. The number of aromatic nitrogens is 4. The van der Waals surface area contributed by atoms with E-state index < -0.39 is 5.92 Å². The van der Waals surface area contributed by atoms with Gasteiger partial charge in [-0.3, -0.25) is 19.2 Å². The van der Waals surface area contributed by atoms with Crippen LogP contribution in [0.3, 0.4) is 0 Å². The molecular weight excluding hydrogens is 356 g/mol. The van der Waals surface area contributed by atoms with E-state index in [4.69, 9.17) is 4.74 Å². The minimum absolute atomic E-state index is 0.109. The minimum atomic E-state index is -0.390. The molecule has 1 saturated heterocycles. The van der Waals surface area contributed by atoms with Crippen LogP contribution in [0.5, 0.6) is 0 Å². The maximum atomic E-state index is 12.4. The molecular formula is C16H22N6O3S. The van der Waals surface area contributed by atoms with Gasteiger partial charge < -0.3 is 10.1 Å². The molecule has 2 aromatic rings. The van der Waals surface area contributed by atoms with Crippen molar-refractivity contribution < 1.29 is 14.3 Å². The summed E-state index contributed by atoms with van der Waals surface area (Å²) in [7, 11) is 1.84. The van der Waals surface area contributed by atoms with Gasteiger partial charge in [0.25, 0.3) is 0 Å². The largest absolute Gasteiger partial charge is 0.374 e. The first-order valence-corrected chi connectivity index (χ1v) is 9.27. The van der Waals surface area contributed by atoms with Crippen molar-refractivity contribution in [2.45, 2.75) is 33.4 Å². The molecule has 0 radical (unpaired) electrons. The molecule has 140 valence electrons. The van der Waals surface area contributed by atoms with E-state index in [0.29, 0.717) is 31.4 Å². The van der Waals surface area contributed by atoms with Gasteiger partial charge in [0.15, 0.2) is 0 Å². The summed E-state index contributed by atoms with van der Waals surface area (Å²) in [4.78, 5) is 26.3. The van der Waals surface area contributed by atoms with Gasteiger partial charge >= 0.3 is 0 Å². The molecule has 2 amide bonds. The van der Waals surface area contributed by atoms with Crippen LogP contribution in [-0.2, 0) is 34.5 Å². The van der Waals surface area contributed by atoms with E-state index in [9.17, 15) is 9.59 Å². The predicted octanol–water partition coefficient (Wildman–Crippen LogP) is 0.786. The van der Waals surface area contributed by atoms with Crippen LogP contribution in [0, 0.1) is 12.8 Å². The highest BCUT2D eigenvalue weighted by Crippen LogP contribution is 2.28. The van der Waals surface area contributed by atoms with Crippen molar-refractivity contribution in [2.24, 2.45) is 13.0 Å². The molecule has 0 bridgehead atoms. The van der Waals surface area contributed by atoms with E-state index in [0.717, 1.165) is 16.3 Å². The molecule has 10 heteroatoms. The number of nitrogens with one attached hydrogen (secondary N) is 1. The summed E-state index contributed by atoms with van der Waals surface area (Å²) in [5.41, 5.74) is 1.85. The fourth-order valence-corrected chi connectivity index (χ4v) is 3.62. The predicted molar refractivity (Wildman–Crippen MR) is 95.5 cm³/mol. The number of hydrogen-bond donors (Lipinski definition) is 1. The molecule has 0 aromatic carbocycles. The van der Waals surface area contributed by atoms with Gasteiger partial charge in [0.1, 0.15) is 11.6 Å². The number of rotatable bonds is 7. The first-order chi connectivity index (χ1) is 12.5. The smallest absolute Gasteiger partial charge is 0.229 e. The number of carbonyl (C=O) groups excluding carboxylic acids is 2. The Morgan fingerprint density at radius 3 is 2.96 bits per heavy atom. The molecule has 1 N–H and O–H groups in total. The van der Waals surface area contributed by atoms with E-state index in [1.807, 2.05) is 27.1 Å². The second-order valence-electron chi connectivity index (χ2n) is 6.15. The molecule has 3 heterocycles. The Bertz CT molecular complexity index is 802. The van der Waals surface area contributed by atoms with E-state index >= 15 is 0 Å². The van der Waals surface area contributed by atoms with E-state index in [-0.39, 0.29) is 18.2 Å². The van der Waals surface area contributed by atoms with Gasteiger partial charge in [0.2, 0.25) is 16.9 Å². The van der Waals surface area contributed by atoms with Gasteiger partial charge in [-0.25, -0.2) is 0 Å². The summed E-state index contributed by atoms with van der Waals surface area (Å²) in [5.74, 6) is -0.635. The van der Waals surface area contributed by atoms with Crippen LogP contribution in [0.4, 0.5) is 5.13 Å². The second kappa shape index (κ2) is 7.92. The first-order valence-electron chi connectivity index (χ1n) is 8.45. The van der Waals surface area contributed by atoms with Crippen molar-refractivity contribution in [1.82, 2.24) is 25.3 Å². The summed E-state index contributed by atoms with van der Waals surface area (Å²) < 4.78 is 7.02. The standard InChI is InChI=1S/C16H22N6O3S/c1-4-25-9-13-18-19-16(26-13)22-8-11(5-14(22)23)15(24)17-6-12-7-21(3)20-10(12)2/h7,11H,4-6,8-9H2,1-3H3,(H,17,24). The Kier molecular flexibility index (Phi) is 5.62. The van der Waals surface area contributed by atoms with Gasteiger partial charge in [0.05, 0.1) is 11.6 Å². The van der Waals surface area contributed by atoms with Crippen molar-refractivity contribution in [3.8, 4) is 0 Å². The highest BCUT2D eigenvalue weighted by molar-refractivity contribution is 7.15. The zero-order valence-corrected chi connectivity index (χ0v) is 15.9. The van der Waals surface area contributed by atoms with Crippen LogP contribution in [0.25, 0.3) is 0 Å². The average Bonchev–Trinajstić information content (AvgIpc) is 3.29. The summed E-state index contributed by atoms with van der Waals surface area (Å²) in [6.07, 6.45) is 2.06. The highest BCUT2D eigenvalue weighted by Gasteiger charge is 2.36. The van der Waals surface area contributed by atoms with Gasteiger partial charge in [-0.05, 0) is 13.8 Å². The fraction of sp³-hybridized carbons (Fsp3) is 0.562. The lowest BCUT2D eigenvalue weighted by atomic mass is 10.1. The third kappa shape index (κ3) is 4.07. The quantitative estimate of drug-likeness (QED) is 0.764. The molecule has 3 rings (SSSR count). The van der Waals surface area contributed by atoms with Crippen LogP contribution in [0.15, 0.2) is 6.20 Å². The highest BCUT2D eigenvalue weighted by atomic mass is 32.1. The summed E-state index contributed by atoms with van der Waals surface area (Å²) in [5, 5.41) is 16.5. The van der Waals surface area contributed by atoms with Crippen molar-refractivity contribution in [3.63, 3.8) is 0 Å². The van der Waals surface area contributed by atoms with E-state index in [1.165, 1.54) is 16.2 Å². The molecule has 1 aliphatic heterocycles. The van der Waals surface area contributed by atoms with Crippen molar-refractivity contribution in [2.75, 3.05) is 18.1 Å². The van der Waals surface area contributed by atoms with Crippen molar-refractivity contribution >= 4 is 28.3 Å².